The van der Waals surface area contributed by atoms with Gasteiger partial charge in [-0.1, -0.05) is 36.7 Å². The van der Waals surface area contributed by atoms with Crippen molar-refractivity contribution in [1.82, 2.24) is 4.90 Å². The molecular weight excluding hydrogens is 272 g/mol. The third kappa shape index (κ3) is 3.53. The Hall–Kier alpha value is -0.610. The fourth-order valence-electron chi connectivity index (χ4n) is 3.17. The third-order valence-corrected chi connectivity index (χ3v) is 4.69. The summed E-state index contributed by atoms with van der Waals surface area (Å²) in [6.07, 6.45) is 2.95. The Labute approximate surface area is 126 Å². The van der Waals surface area contributed by atoms with Crippen LogP contribution in [0, 0.1) is 5.92 Å². The van der Waals surface area contributed by atoms with Crippen molar-refractivity contribution in [3.63, 3.8) is 0 Å². The number of aliphatic hydroxyl groups excluding tert-OH is 1. The normalized spacial score (nSPS) is 22.9. The molecule has 0 aromatic heterocycles. The summed E-state index contributed by atoms with van der Waals surface area (Å²) in [7, 11) is 0. The summed E-state index contributed by atoms with van der Waals surface area (Å²) < 4.78 is 0. The summed E-state index contributed by atoms with van der Waals surface area (Å²) in [4.78, 5) is 2.44. The number of nitrogens with zero attached hydrogens (tertiary/aromatic N) is 1. The standard InChI is InChI=1S/C16H25ClN2O/c1-2-15(18)16(13-5-3-4-6-14(13)17)19-9-7-12(11-19)8-10-20/h3-6,12,15-16,20H,2,7-11,18H2,1H3. The maximum atomic E-state index is 9.10. The molecule has 0 radical (unpaired) electrons. The molecule has 2 rings (SSSR count). The van der Waals surface area contributed by atoms with Gasteiger partial charge in [-0.3, -0.25) is 4.90 Å². The predicted molar refractivity (Wildman–Crippen MR) is 83.8 cm³/mol. The van der Waals surface area contributed by atoms with E-state index >= 15 is 0 Å². The van der Waals surface area contributed by atoms with Crippen molar-refractivity contribution in [3.05, 3.63) is 34.9 Å². The van der Waals surface area contributed by atoms with E-state index in [2.05, 4.69) is 17.9 Å². The second-order valence-electron chi connectivity index (χ2n) is 5.70. The maximum Gasteiger partial charge on any atom is 0.0513 e. The topological polar surface area (TPSA) is 49.5 Å². The van der Waals surface area contributed by atoms with Crippen LogP contribution in [0.3, 0.4) is 0 Å². The van der Waals surface area contributed by atoms with Crippen molar-refractivity contribution in [2.45, 2.75) is 38.3 Å². The van der Waals surface area contributed by atoms with Crippen molar-refractivity contribution in [1.29, 1.82) is 0 Å². The zero-order valence-corrected chi connectivity index (χ0v) is 12.9. The van der Waals surface area contributed by atoms with Gasteiger partial charge in [-0.25, -0.2) is 0 Å². The van der Waals surface area contributed by atoms with Gasteiger partial charge in [0.25, 0.3) is 0 Å². The largest absolute Gasteiger partial charge is 0.396 e. The highest BCUT2D eigenvalue weighted by molar-refractivity contribution is 6.31. The van der Waals surface area contributed by atoms with Crippen LogP contribution in [0.1, 0.15) is 37.8 Å². The molecule has 1 aliphatic heterocycles. The van der Waals surface area contributed by atoms with Gasteiger partial charge in [0, 0.05) is 24.2 Å². The van der Waals surface area contributed by atoms with Crippen molar-refractivity contribution >= 4 is 11.6 Å². The number of hydrogen-bond donors (Lipinski definition) is 2. The summed E-state index contributed by atoms with van der Waals surface area (Å²) in [5.74, 6) is 0.578. The molecule has 0 amide bonds. The average Bonchev–Trinajstić information content (AvgIpc) is 2.90. The van der Waals surface area contributed by atoms with Crippen LogP contribution in [0.2, 0.25) is 5.02 Å². The van der Waals surface area contributed by atoms with Crippen LogP contribution in [0.5, 0.6) is 0 Å². The zero-order chi connectivity index (χ0) is 14.5. The lowest BCUT2D eigenvalue weighted by molar-refractivity contribution is 0.193. The molecule has 4 heteroatoms. The molecule has 0 aliphatic carbocycles. The number of benzene rings is 1. The van der Waals surface area contributed by atoms with Crippen LogP contribution in [0.25, 0.3) is 0 Å². The van der Waals surface area contributed by atoms with Gasteiger partial charge in [0.1, 0.15) is 0 Å². The highest BCUT2D eigenvalue weighted by Gasteiger charge is 2.32. The monoisotopic (exact) mass is 296 g/mol. The summed E-state index contributed by atoms with van der Waals surface area (Å²) in [5, 5.41) is 9.90. The lowest BCUT2D eigenvalue weighted by atomic mass is 9.96. The number of aliphatic hydroxyl groups is 1. The van der Waals surface area contributed by atoms with E-state index in [1.54, 1.807) is 0 Å². The first kappa shape index (κ1) is 15.8. The van der Waals surface area contributed by atoms with Crippen LogP contribution in [-0.2, 0) is 0 Å². The van der Waals surface area contributed by atoms with Crippen LogP contribution >= 0.6 is 11.6 Å². The highest BCUT2D eigenvalue weighted by atomic mass is 35.5. The number of likely N-dealkylation sites (tertiary alicyclic amines) is 1. The van der Waals surface area contributed by atoms with Gasteiger partial charge in [-0.2, -0.15) is 0 Å². The average molecular weight is 297 g/mol. The Balaban J connectivity index is 2.19. The second kappa shape index (κ2) is 7.41. The van der Waals surface area contributed by atoms with E-state index in [0.29, 0.717) is 5.92 Å². The van der Waals surface area contributed by atoms with Gasteiger partial charge in [-0.05, 0) is 43.4 Å². The molecule has 1 saturated heterocycles. The smallest absolute Gasteiger partial charge is 0.0513 e. The molecule has 0 spiro atoms. The molecule has 20 heavy (non-hydrogen) atoms. The summed E-state index contributed by atoms with van der Waals surface area (Å²) in [6.45, 7) is 4.43. The molecular formula is C16H25ClN2O. The first-order valence-corrected chi connectivity index (χ1v) is 7.90. The molecule has 3 unspecified atom stereocenters. The van der Waals surface area contributed by atoms with Gasteiger partial charge in [0.2, 0.25) is 0 Å². The number of halogens is 1. The molecule has 1 aromatic carbocycles. The van der Waals surface area contributed by atoms with Gasteiger partial charge < -0.3 is 10.8 Å². The molecule has 1 heterocycles. The molecule has 0 bridgehead atoms. The first-order valence-electron chi connectivity index (χ1n) is 7.52. The van der Waals surface area contributed by atoms with Crippen LogP contribution in [0.15, 0.2) is 24.3 Å². The van der Waals surface area contributed by atoms with Gasteiger partial charge in [0.05, 0.1) is 6.04 Å². The van der Waals surface area contributed by atoms with E-state index in [4.69, 9.17) is 22.4 Å². The molecule has 3 nitrogen and oxygen atoms in total. The SMILES string of the molecule is CCC(N)C(c1ccccc1Cl)N1CCC(CCO)C1. The molecule has 3 N–H and O–H groups in total. The Morgan fingerprint density at radius 3 is 2.85 bits per heavy atom. The predicted octanol–water partition coefficient (Wildman–Crippen LogP) is 2.82. The van der Waals surface area contributed by atoms with Crippen molar-refractivity contribution in [2.75, 3.05) is 19.7 Å². The van der Waals surface area contributed by atoms with E-state index in [9.17, 15) is 0 Å². The van der Waals surface area contributed by atoms with E-state index in [1.807, 2.05) is 18.2 Å². The summed E-state index contributed by atoms with van der Waals surface area (Å²) >= 11 is 6.37. The summed E-state index contributed by atoms with van der Waals surface area (Å²) in [5.41, 5.74) is 7.50. The van der Waals surface area contributed by atoms with Gasteiger partial charge in [-0.15, -0.1) is 0 Å². The molecule has 1 aromatic rings. The quantitative estimate of drug-likeness (QED) is 0.849. The van der Waals surface area contributed by atoms with Crippen LogP contribution in [-0.4, -0.2) is 35.7 Å². The zero-order valence-electron chi connectivity index (χ0n) is 12.1. The molecule has 112 valence electrons. The van der Waals surface area contributed by atoms with E-state index in [1.165, 1.54) is 0 Å². The minimum absolute atomic E-state index is 0.0859. The van der Waals surface area contributed by atoms with Gasteiger partial charge in [0.15, 0.2) is 0 Å². The van der Waals surface area contributed by atoms with E-state index < -0.39 is 0 Å². The van der Waals surface area contributed by atoms with Crippen molar-refractivity contribution < 1.29 is 5.11 Å². The second-order valence-corrected chi connectivity index (χ2v) is 6.11. The van der Waals surface area contributed by atoms with Crippen molar-refractivity contribution in [2.24, 2.45) is 11.7 Å². The summed E-state index contributed by atoms with van der Waals surface area (Å²) in [6, 6.07) is 8.27. The molecule has 1 fully saturated rings. The first-order chi connectivity index (χ1) is 9.67. The number of nitrogens with two attached hydrogens (primary N) is 1. The third-order valence-electron chi connectivity index (χ3n) is 4.35. The molecule has 0 saturated carbocycles. The maximum absolute atomic E-state index is 9.10. The van der Waals surface area contributed by atoms with Crippen molar-refractivity contribution in [3.8, 4) is 0 Å². The fraction of sp³-hybridized carbons (Fsp3) is 0.625. The number of rotatable bonds is 6. The van der Waals surface area contributed by atoms with Gasteiger partial charge >= 0.3 is 0 Å². The lowest BCUT2D eigenvalue weighted by Crippen LogP contribution is -2.40. The number of hydrogen-bond acceptors (Lipinski definition) is 3. The van der Waals surface area contributed by atoms with Crippen LogP contribution in [0.4, 0.5) is 0 Å². The van der Waals surface area contributed by atoms with Crippen LogP contribution < -0.4 is 5.73 Å². The molecule has 3 atom stereocenters. The van der Waals surface area contributed by atoms with E-state index in [-0.39, 0.29) is 18.7 Å². The van der Waals surface area contributed by atoms with E-state index in [0.717, 1.165) is 42.9 Å². The minimum Gasteiger partial charge on any atom is -0.396 e. The Morgan fingerprint density at radius 2 is 2.20 bits per heavy atom. The minimum atomic E-state index is 0.0859. The highest BCUT2D eigenvalue weighted by Crippen LogP contribution is 2.34. The Morgan fingerprint density at radius 1 is 1.45 bits per heavy atom. The lowest BCUT2D eigenvalue weighted by Gasteiger charge is -2.33. The fourth-order valence-corrected chi connectivity index (χ4v) is 3.42. The Kier molecular flexibility index (Phi) is 5.85. The molecule has 1 aliphatic rings. The Bertz CT molecular complexity index is 427.